The van der Waals surface area contributed by atoms with E-state index >= 15 is 0 Å². The van der Waals surface area contributed by atoms with Gasteiger partial charge < -0.3 is 9.64 Å². The van der Waals surface area contributed by atoms with Crippen LogP contribution in [0.3, 0.4) is 0 Å². The minimum absolute atomic E-state index is 0.124. The van der Waals surface area contributed by atoms with E-state index in [1.807, 2.05) is 30.3 Å². The van der Waals surface area contributed by atoms with Gasteiger partial charge in [0, 0.05) is 36.5 Å². The Morgan fingerprint density at radius 1 is 1.03 bits per heavy atom. The van der Waals surface area contributed by atoms with E-state index in [0.717, 1.165) is 36.3 Å². The van der Waals surface area contributed by atoms with E-state index in [1.165, 1.54) is 30.3 Å². The van der Waals surface area contributed by atoms with Crippen molar-refractivity contribution in [2.24, 2.45) is 4.36 Å². The summed E-state index contributed by atoms with van der Waals surface area (Å²) < 4.78 is 62.0. The van der Waals surface area contributed by atoms with Gasteiger partial charge in [0.05, 0.1) is 4.90 Å². The molecule has 1 N–H and O–H groups in total. The Hall–Kier alpha value is -2.75. The lowest BCUT2D eigenvalue weighted by Gasteiger charge is -2.27. The summed E-state index contributed by atoms with van der Waals surface area (Å²) >= 11 is 6.31. The molecule has 1 heterocycles. The Balaban J connectivity index is 1.50. The van der Waals surface area contributed by atoms with Crippen molar-refractivity contribution in [3.63, 3.8) is 0 Å². The molecule has 0 bridgehead atoms. The third-order valence-corrected chi connectivity index (χ3v) is 7.99. The fourth-order valence-electron chi connectivity index (χ4n) is 4.17. The van der Waals surface area contributed by atoms with Gasteiger partial charge in [-0.2, -0.15) is 0 Å². The minimum atomic E-state index is -4.83. The third kappa shape index (κ3) is 6.09. The molecule has 186 valence electrons. The lowest BCUT2D eigenvalue weighted by Crippen LogP contribution is -2.28. The highest BCUT2D eigenvalue weighted by Crippen LogP contribution is 2.37. The van der Waals surface area contributed by atoms with Gasteiger partial charge in [0.25, 0.3) is 0 Å². The zero-order valence-corrected chi connectivity index (χ0v) is 20.6. The molecule has 0 aliphatic carbocycles. The van der Waals surface area contributed by atoms with Gasteiger partial charge in [-0.3, -0.25) is 0 Å². The summed E-state index contributed by atoms with van der Waals surface area (Å²) in [5.41, 5.74) is 4.58. The number of rotatable bonds is 7. The topological polar surface area (TPSA) is 53.9 Å². The largest absolute Gasteiger partial charge is 0.573 e. The van der Waals surface area contributed by atoms with Gasteiger partial charge in [-0.1, -0.05) is 41.9 Å². The number of aryl methyl sites for hydroxylation is 2. The first kappa shape index (κ1) is 25.3. The van der Waals surface area contributed by atoms with Crippen LogP contribution in [0.2, 0.25) is 5.02 Å². The maximum absolute atomic E-state index is 13.4. The molecule has 35 heavy (non-hydrogen) atoms. The lowest BCUT2D eigenvalue weighted by molar-refractivity contribution is -0.274. The molecule has 10 heteroatoms. The summed E-state index contributed by atoms with van der Waals surface area (Å²) in [5.74, 6) is -0.442. The van der Waals surface area contributed by atoms with Crippen molar-refractivity contribution in [2.45, 2.75) is 30.5 Å². The number of hydrogen-bond acceptors (Lipinski definition) is 4. The van der Waals surface area contributed by atoms with Crippen LogP contribution in [0.4, 0.5) is 24.5 Å². The van der Waals surface area contributed by atoms with Crippen molar-refractivity contribution < 1.29 is 22.1 Å². The average Bonchev–Trinajstić information content (AvgIpc) is 2.97. The molecule has 0 spiro atoms. The summed E-state index contributed by atoms with van der Waals surface area (Å²) in [6.07, 6.45) is -2.42. The molecule has 0 fully saturated rings. The van der Waals surface area contributed by atoms with Crippen LogP contribution in [0.1, 0.15) is 17.5 Å². The number of hydrogen-bond donors (Lipinski definition) is 1. The molecule has 5 nitrogen and oxygen atoms in total. The fourth-order valence-corrected chi connectivity index (χ4v) is 5.80. The molecule has 0 radical (unpaired) electrons. The van der Waals surface area contributed by atoms with Gasteiger partial charge in [0.15, 0.2) is 0 Å². The summed E-state index contributed by atoms with van der Waals surface area (Å²) in [6, 6.07) is 19.2. The molecular weight excluding hydrogens is 499 g/mol. The van der Waals surface area contributed by atoms with Crippen molar-refractivity contribution >= 4 is 32.9 Å². The van der Waals surface area contributed by atoms with Crippen LogP contribution >= 0.6 is 11.6 Å². The first-order valence-electron chi connectivity index (χ1n) is 11.1. The van der Waals surface area contributed by atoms with Crippen LogP contribution in [-0.4, -0.2) is 30.7 Å². The minimum Gasteiger partial charge on any atom is -0.406 e. The molecule has 0 aromatic heterocycles. The first-order chi connectivity index (χ1) is 16.7. The molecule has 0 saturated carbocycles. The van der Waals surface area contributed by atoms with E-state index in [-0.39, 0.29) is 4.90 Å². The van der Waals surface area contributed by atoms with Gasteiger partial charge in [0.2, 0.25) is 0 Å². The third-order valence-electron chi connectivity index (χ3n) is 5.76. The molecule has 1 aliphatic rings. The summed E-state index contributed by atoms with van der Waals surface area (Å²) in [7, 11) is -1.76. The monoisotopic (exact) mass is 523 g/mol. The summed E-state index contributed by atoms with van der Waals surface area (Å²) in [4.78, 5) is 2.34. The number of ether oxygens (including phenoxy) is 1. The summed E-state index contributed by atoms with van der Waals surface area (Å²) in [6.45, 7) is 0.947. The highest BCUT2D eigenvalue weighted by Gasteiger charge is 2.31. The molecule has 1 unspecified atom stereocenters. The number of alkyl halides is 3. The Kier molecular flexibility index (Phi) is 7.59. The van der Waals surface area contributed by atoms with Gasteiger partial charge in [-0.25, -0.2) is 13.3 Å². The number of halogens is 4. The molecular formula is C25H25ClF3N3O2S. The second-order valence-electron chi connectivity index (χ2n) is 8.03. The normalized spacial score (nSPS) is 14.9. The van der Waals surface area contributed by atoms with Crippen LogP contribution in [0.5, 0.6) is 5.75 Å². The Morgan fingerprint density at radius 2 is 1.77 bits per heavy atom. The SMILES string of the molecule is CN=S(=O)(NCCCN1c2ccccc2CCc2ccc(Cl)cc21)c1cccc(OC(F)(F)F)c1. The van der Waals surface area contributed by atoms with Crippen LogP contribution in [0.25, 0.3) is 0 Å². The predicted octanol–water partition coefficient (Wildman–Crippen LogP) is 6.53. The smallest absolute Gasteiger partial charge is 0.406 e. The molecule has 0 saturated heterocycles. The van der Waals surface area contributed by atoms with Crippen LogP contribution in [0.15, 0.2) is 76.0 Å². The van der Waals surface area contributed by atoms with E-state index in [0.29, 0.717) is 24.5 Å². The zero-order chi connectivity index (χ0) is 25.1. The van der Waals surface area contributed by atoms with E-state index in [9.17, 15) is 17.4 Å². The Morgan fingerprint density at radius 3 is 2.51 bits per heavy atom. The van der Waals surface area contributed by atoms with E-state index < -0.39 is 22.0 Å². The number of nitrogens with zero attached hydrogens (tertiary/aromatic N) is 2. The Bertz CT molecular complexity index is 1320. The average molecular weight is 524 g/mol. The number of nitrogens with one attached hydrogen (secondary N) is 1. The molecule has 3 aromatic rings. The standard InChI is InChI=1S/C25H25ClF3N3O2S/c1-30-35(33,22-8-4-7-21(17-22)34-25(27,28)29)31-14-5-15-32-23-9-3-2-6-18(23)10-11-19-12-13-20(26)16-24(19)32/h2-4,6-9,12-13,16-17H,5,10-11,14-15H2,1H3,(H,30,31,33). The second kappa shape index (κ2) is 10.5. The molecule has 1 atom stereocenters. The summed E-state index contributed by atoms with van der Waals surface area (Å²) in [5, 5.41) is 0.653. The first-order valence-corrected chi connectivity index (χ1v) is 13.0. The van der Waals surface area contributed by atoms with E-state index in [4.69, 9.17) is 11.6 Å². The van der Waals surface area contributed by atoms with Crippen molar-refractivity contribution in [1.82, 2.24) is 4.72 Å². The van der Waals surface area contributed by atoms with Crippen LogP contribution in [0, 0.1) is 0 Å². The number of anilines is 2. The lowest BCUT2D eigenvalue weighted by atomic mass is 10.0. The van der Waals surface area contributed by atoms with Gasteiger partial charge in [0.1, 0.15) is 15.7 Å². The predicted molar refractivity (Wildman–Crippen MR) is 133 cm³/mol. The maximum Gasteiger partial charge on any atom is 0.573 e. The van der Waals surface area contributed by atoms with Gasteiger partial charge in [-0.05, 0) is 66.8 Å². The second-order valence-corrected chi connectivity index (χ2v) is 10.6. The zero-order valence-electron chi connectivity index (χ0n) is 19.0. The molecule has 1 aliphatic heterocycles. The van der Waals surface area contributed by atoms with Crippen molar-refractivity contribution in [2.75, 3.05) is 25.0 Å². The van der Waals surface area contributed by atoms with Crippen LogP contribution in [-0.2, 0) is 22.8 Å². The van der Waals surface area contributed by atoms with Crippen molar-refractivity contribution in [1.29, 1.82) is 0 Å². The number of benzene rings is 3. The Labute approximate surface area is 208 Å². The van der Waals surface area contributed by atoms with Gasteiger partial charge >= 0.3 is 6.36 Å². The molecule has 0 amide bonds. The van der Waals surface area contributed by atoms with E-state index in [2.05, 4.69) is 30.9 Å². The van der Waals surface area contributed by atoms with E-state index in [1.54, 1.807) is 0 Å². The molecule has 3 aromatic carbocycles. The maximum atomic E-state index is 13.4. The highest BCUT2D eigenvalue weighted by molar-refractivity contribution is 7.91. The number of fused-ring (bicyclic) bond motifs is 2. The van der Waals surface area contributed by atoms with Crippen molar-refractivity contribution in [3.8, 4) is 5.75 Å². The number of para-hydroxylation sites is 1. The quantitative estimate of drug-likeness (QED) is 0.358. The highest BCUT2D eigenvalue weighted by atomic mass is 35.5. The van der Waals surface area contributed by atoms with Gasteiger partial charge in [-0.15, -0.1) is 13.2 Å². The fraction of sp³-hybridized carbons (Fsp3) is 0.280. The van der Waals surface area contributed by atoms with Crippen molar-refractivity contribution in [3.05, 3.63) is 82.9 Å². The molecule has 4 rings (SSSR count). The van der Waals surface area contributed by atoms with Crippen LogP contribution < -0.4 is 14.4 Å².